The van der Waals surface area contributed by atoms with E-state index >= 15 is 0 Å². The molecular weight excluding hydrogens is 1180 g/mol. The number of fused-ring (bicyclic) bond motifs is 14. The van der Waals surface area contributed by atoms with Crippen LogP contribution in [0.15, 0.2) is 267 Å². The molecule has 2 nitrogen and oxygen atoms in total. The fourth-order valence-electron chi connectivity index (χ4n) is 16.9. The van der Waals surface area contributed by atoms with Crippen molar-refractivity contribution in [3.8, 4) is 77.9 Å². The summed E-state index contributed by atoms with van der Waals surface area (Å²) in [5.41, 5.74) is 29.0. The smallest absolute Gasteiger partial charge is 0.0634 e. The molecule has 18 rings (SSSR count). The summed E-state index contributed by atoms with van der Waals surface area (Å²) in [5.74, 6) is 0. The van der Waals surface area contributed by atoms with Gasteiger partial charge in [-0.3, -0.25) is 0 Å². The molecule has 2 heteroatoms. The maximum absolute atomic E-state index is 2.77. The molecule has 98 heavy (non-hydrogen) atoms. The number of benzene rings is 14. The molecule has 14 aromatic carbocycles. The zero-order chi connectivity index (χ0) is 67.1. The Bertz CT molecular complexity index is 6090. The third-order valence-electron chi connectivity index (χ3n) is 21.8. The minimum atomic E-state index is -0.208. The second-order valence-electron chi connectivity index (χ2n) is 31.9. The van der Waals surface area contributed by atoms with Gasteiger partial charge in [-0.1, -0.05) is 301 Å². The molecule has 0 saturated heterocycles. The van der Waals surface area contributed by atoms with Gasteiger partial charge in [-0.25, -0.2) is 0 Å². The minimum absolute atomic E-state index is 0.0848. The summed E-state index contributed by atoms with van der Waals surface area (Å²) in [6, 6.07) is 103. The third-order valence-corrected chi connectivity index (χ3v) is 21.8. The second kappa shape index (κ2) is 21.3. The predicted molar refractivity (Wildman–Crippen MR) is 424 cm³/mol. The molecule has 0 unspecified atom stereocenters. The number of nitrogens with zero attached hydrogens (tertiary/aromatic N) is 2. The van der Waals surface area contributed by atoms with E-state index in [-0.39, 0.29) is 21.7 Å². The topological polar surface area (TPSA) is 8.82 Å². The minimum Gasteiger partial charge on any atom is -0.307 e. The van der Waals surface area contributed by atoms with Crippen molar-refractivity contribution in [3.63, 3.8) is 0 Å². The van der Waals surface area contributed by atoms with Crippen LogP contribution in [0.1, 0.15) is 105 Å². The first kappa shape index (κ1) is 59.7. The molecule has 0 aliphatic rings. The lowest BCUT2D eigenvalue weighted by Gasteiger charge is -2.25. The summed E-state index contributed by atoms with van der Waals surface area (Å²) in [7, 11) is 0. The van der Waals surface area contributed by atoms with Crippen LogP contribution in [0, 0.1) is 0 Å². The van der Waals surface area contributed by atoms with Gasteiger partial charge in [-0.15, -0.1) is 0 Å². The first-order chi connectivity index (χ1) is 47.2. The molecule has 0 radical (unpaired) electrons. The second-order valence-corrected chi connectivity index (χ2v) is 31.9. The molecular formula is C96H80N2. The van der Waals surface area contributed by atoms with Gasteiger partial charge in [-0.2, -0.15) is 0 Å². The number of aromatic nitrogens is 2. The van der Waals surface area contributed by atoms with E-state index in [1.807, 2.05) is 0 Å². The first-order valence-electron chi connectivity index (χ1n) is 35.2. The number of hydrogen-bond acceptors (Lipinski definition) is 0. The van der Waals surface area contributed by atoms with Crippen LogP contribution >= 0.6 is 0 Å². The van der Waals surface area contributed by atoms with Crippen LogP contribution in [-0.2, 0) is 21.7 Å². The molecule has 0 saturated carbocycles. The molecule has 0 fully saturated rings. The van der Waals surface area contributed by atoms with Crippen molar-refractivity contribution in [1.82, 2.24) is 8.80 Å². The van der Waals surface area contributed by atoms with Crippen LogP contribution in [-0.4, -0.2) is 8.80 Å². The first-order valence-corrected chi connectivity index (χ1v) is 35.2. The molecule has 0 bridgehead atoms. The van der Waals surface area contributed by atoms with E-state index < -0.39 is 0 Å². The van der Waals surface area contributed by atoms with Gasteiger partial charge in [0.25, 0.3) is 0 Å². The van der Waals surface area contributed by atoms with Crippen molar-refractivity contribution in [1.29, 1.82) is 0 Å². The Balaban J connectivity index is 1.18. The van der Waals surface area contributed by atoms with E-state index in [4.69, 9.17) is 0 Å². The summed E-state index contributed by atoms with van der Waals surface area (Å²) >= 11 is 0. The summed E-state index contributed by atoms with van der Waals surface area (Å²) in [5, 5.41) is 15.0. The molecule has 18 aromatic rings. The Hall–Kier alpha value is -10.8. The van der Waals surface area contributed by atoms with Crippen molar-refractivity contribution in [2.75, 3.05) is 0 Å². The molecule has 0 spiro atoms. The van der Waals surface area contributed by atoms with Crippen LogP contribution in [0.3, 0.4) is 0 Å². The normalized spacial score (nSPS) is 12.9. The monoisotopic (exact) mass is 1260 g/mol. The lowest BCUT2D eigenvalue weighted by atomic mass is 9.78. The quantitative estimate of drug-likeness (QED) is 0.141. The van der Waals surface area contributed by atoms with Gasteiger partial charge in [0.15, 0.2) is 0 Å². The maximum Gasteiger partial charge on any atom is 0.0634 e. The predicted octanol–water partition coefficient (Wildman–Crippen LogP) is 27.2. The molecule has 4 aromatic heterocycles. The van der Waals surface area contributed by atoms with Gasteiger partial charge in [0.2, 0.25) is 0 Å². The van der Waals surface area contributed by atoms with Crippen molar-refractivity contribution < 1.29 is 0 Å². The van der Waals surface area contributed by atoms with E-state index in [0.29, 0.717) is 0 Å². The van der Waals surface area contributed by atoms with Crippen LogP contribution in [0.4, 0.5) is 0 Å². The van der Waals surface area contributed by atoms with Gasteiger partial charge in [0, 0.05) is 65.3 Å². The number of rotatable bonds is 7. The third kappa shape index (κ3) is 8.85. The van der Waals surface area contributed by atoms with E-state index in [0.717, 1.165) is 0 Å². The molecule has 0 aliphatic heterocycles. The standard InChI is InChI=1S/C96H80N2/c1-93(2,3)61-47-49-79-73(51-61)76-54-64(96(10,11)12)56-78-86-88(84-71-41-27-25-39-69(71)83(70-40-26-28-42-72(70)84)81-65(57-31-17-13-18-32-57)43-29-44-66(81)58-33-19-14-20-34-58)92-85(77-55-63(95(7,8)9)53-75-74-52-62(94(4,5)6)48-50-80(74)98(92)89(75)77)87(91(86)97(79)90(76)78)82-67(59-35-21-15-22-36-59)45-30-46-68(82)60-37-23-16-24-38-60/h13-56H,1-12H3. The highest BCUT2D eigenvalue weighted by Gasteiger charge is 2.37. The van der Waals surface area contributed by atoms with Gasteiger partial charge in [0.05, 0.1) is 33.1 Å². The largest absolute Gasteiger partial charge is 0.307 e. The van der Waals surface area contributed by atoms with Crippen molar-refractivity contribution in [3.05, 3.63) is 289 Å². The SMILES string of the molecule is CC(C)(C)c1ccc2c(c1)c1cc(C(C)(C)C)cc3c4c(-c5c6ccccc6c(-c6c(-c7ccccc7)cccc6-c6ccccc6)c6ccccc56)c5c(c(-c6c(-c7ccccc7)cccc6-c6ccccc6)c4n2c13)c1cc(C(C)(C)C)cc2c3cc(C(C)(C)C)ccc3n5c21. The van der Waals surface area contributed by atoms with Crippen LogP contribution in [0.25, 0.3) is 176 Å². The maximum atomic E-state index is 2.77. The highest BCUT2D eigenvalue weighted by Crippen LogP contribution is 2.60. The molecule has 4 heterocycles. The van der Waals surface area contributed by atoms with E-state index in [1.165, 1.54) is 198 Å². The Morgan fingerprint density at radius 1 is 0.194 bits per heavy atom. The van der Waals surface area contributed by atoms with Crippen LogP contribution in [0.5, 0.6) is 0 Å². The van der Waals surface area contributed by atoms with E-state index in [1.54, 1.807) is 0 Å². The van der Waals surface area contributed by atoms with Gasteiger partial charge >= 0.3 is 0 Å². The van der Waals surface area contributed by atoms with E-state index in [2.05, 4.69) is 359 Å². The molecule has 0 atom stereocenters. The summed E-state index contributed by atoms with van der Waals surface area (Å²) in [6.45, 7) is 28.6. The van der Waals surface area contributed by atoms with Gasteiger partial charge in [-0.05, 0) is 170 Å². The lowest BCUT2D eigenvalue weighted by Crippen LogP contribution is -2.11. The number of hydrogen-bond donors (Lipinski definition) is 0. The molecule has 0 aliphatic carbocycles. The van der Waals surface area contributed by atoms with Crippen LogP contribution < -0.4 is 0 Å². The lowest BCUT2D eigenvalue weighted by molar-refractivity contribution is 0.590. The molecule has 0 N–H and O–H groups in total. The zero-order valence-electron chi connectivity index (χ0n) is 58.3. The Kier molecular flexibility index (Phi) is 13.0. The highest BCUT2D eigenvalue weighted by molar-refractivity contribution is 6.41. The van der Waals surface area contributed by atoms with Crippen molar-refractivity contribution >= 4 is 97.7 Å². The Labute approximate surface area is 574 Å². The molecule has 474 valence electrons. The van der Waals surface area contributed by atoms with Gasteiger partial charge < -0.3 is 8.80 Å². The summed E-state index contributed by atoms with van der Waals surface area (Å²) in [4.78, 5) is 0. The fourth-order valence-corrected chi connectivity index (χ4v) is 16.9. The molecule has 0 amide bonds. The van der Waals surface area contributed by atoms with Crippen LogP contribution in [0.2, 0.25) is 0 Å². The fraction of sp³-hybridized carbons (Fsp3) is 0.167. The highest BCUT2D eigenvalue weighted by atomic mass is 14.9. The van der Waals surface area contributed by atoms with Crippen molar-refractivity contribution in [2.45, 2.75) is 105 Å². The van der Waals surface area contributed by atoms with E-state index in [9.17, 15) is 0 Å². The zero-order valence-corrected chi connectivity index (χ0v) is 58.3. The summed E-state index contributed by atoms with van der Waals surface area (Å²) in [6.07, 6.45) is 0. The average Bonchev–Trinajstić information content (AvgIpc) is 1.47. The Morgan fingerprint density at radius 2 is 0.459 bits per heavy atom. The van der Waals surface area contributed by atoms with Gasteiger partial charge in [0.1, 0.15) is 0 Å². The average molecular weight is 1260 g/mol. The van der Waals surface area contributed by atoms with Crippen molar-refractivity contribution in [2.24, 2.45) is 0 Å². The Morgan fingerprint density at radius 3 is 0.776 bits per heavy atom. The summed E-state index contributed by atoms with van der Waals surface area (Å²) < 4.78 is 5.53.